The van der Waals surface area contributed by atoms with Crippen LogP contribution >= 0.6 is 28.1 Å². The zero-order valence-corrected chi connectivity index (χ0v) is 13.6. The van der Waals surface area contributed by atoms with Crippen LogP contribution in [0.4, 0.5) is 4.39 Å². The quantitative estimate of drug-likeness (QED) is 0.813. The normalized spacial score (nSPS) is 10.2. The molecule has 3 nitrogen and oxygen atoms in total. The van der Waals surface area contributed by atoms with Gasteiger partial charge in [-0.1, -0.05) is 28.1 Å². The van der Waals surface area contributed by atoms with Crippen LogP contribution < -0.4 is 15.2 Å². The lowest BCUT2D eigenvalue weighted by Crippen LogP contribution is -2.09. The second-order valence-electron chi connectivity index (χ2n) is 4.33. The minimum absolute atomic E-state index is 0.223. The van der Waals surface area contributed by atoms with Crippen LogP contribution in [-0.4, -0.2) is 12.1 Å². The summed E-state index contributed by atoms with van der Waals surface area (Å²) in [5.41, 5.74) is 6.98. The van der Waals surface area contributed by atoms with E-state index in [9.17, 15) is 4.39 Å². The topological polar surface area (TPSA) is 44.5 Å². The molecule has 0 heterocycles. The maximum absolute atomic E-state index is 13.3. The monoisotopic (exact) mass is 369 g/mol. The van der Waals surface area contributed by atoms with Crippen molar-refractivity contribution in [2.45, 2.75) is 6.61 Å². The Labute approximate surface area is 136 Å². The highest BCUT2D eigenvalue weighted by molar-refractivity contribution is 9.10. The van der Waals surface area contributed by atoms with Crippen LogP contribution in [-0.2, 0) is 6.61 Å². The summed E-state index contributed by atoms with van der Waals surface area (Å²) in [5.74, 6) is 0.825. The number of thiocarbonyl (C=S) groups is 1. The molecular formula is C15H13BrFNO2S. The van der Waals surface area contributed by atoms with Crippen molar-refractivity contribution in [3.8, 4) is 11.5 Å². The molecule has 0 fully saturated rings. The van der Waals surface area contributed by atoms with E-state index in [1.165, 1.54) is 12.1 Å². The van der Waals surface area contributed by atoms with Crippen LogP contribution in [0.25, 0.3) is 0 Å². The summed E-state index contributed by atoms with van der Waals surface area (Å²) in [4.78, 5) is 0.257. The molecule has 0 unspecified atom stereocenters. The fraction of sp³-hybridized carbons (Fsp3) is 0.133. The van der Waals surface area contributed by atoms with Gasteiger partial charge in [0, 0.05) is 16.1 Å². The van der Waals surface area contributed by atoms with E-state index in [1.54, 1.807) is 31.4 Å². The van der Waals surface area contributed by atoms with Crippen molar-refractivity contribution in [1.82, 2.24) is 0 Å². The predicted octanol–water partition coefficient (Wildman–Crippen LogP) is 3.81. The third-order valence-electron chi connectivity index (χ3n) is 2.73. The summed E-state index contributed by atoms with van der Waals surface area (Å²) in [6, 6.07) is 9.76. The van der Waals surface area contributed by atoms with Gasteiger partial charge in [-0.3, -0.25) is 0 Å². The van der Waals surface area contributed by atoms with Crippen molar-refractivity contribution in [2.24, 2.45) is 5.73 Å². The van der Waals surface area contributed by atoms with Crippen molar-refractivity contribution in [3.05, 3.63) is 57.8 Å². The number of ether oxygens (including phenoxy) is 2. The summed E-state index contributed by atoms with van der Waals surface area (Å²) >= 11 is 8.20. The molecule has 2 rings (SSSR count). The number of hydrogen-bond donors (Lipinski definition) is 1. The third kappa shape index (κ3) is 4.41. The second-order valence-corrected chi connectivity index (χ2v) is 5.68. The Morgan fingerprint density at radius 2 is 1.90 bits per heavy atom. The molecule has 0 radical (unpaired) electrons. The largest absolute Gasteiger partial charge is 0.497 e. The van der Waals surface area contributed by atoms with Crippen molar-refractivity contribution >= 4 is 33.1 Å². The lowest BCUT2D eigenvalue weighted by molar-refractivity contribution is 0.303. The first-order chi connectivity index (χ1) is 9.97. The number of rotatable bonds is 5. The molecule has 0 aliphatic heterocycles. The zero-order valence-electron chi connectivity index (χ0n) is 11.2. The molecule has 0 atom stereocenters. The average molecular weight is 370 g/mol. The highest BCUT2D eigenvalue weighted by atomic mass is 79.9. The second kappa shape index (κ2) is 6.87. The SMILES string of the molecule is COc1cc(OCc2cc(F)cc(Br)c2)cc(C(N)=S)c1. The molecule has 0 aliphatic carbocycles. The molecule has 0 amide bonds. The summed E-state index contributed by atoms with van der Waals surface area (Å²) < 4.78 is 24.8. The lowest BCUT2D eigenvalue weighted by Gasteiger charge is -2.10. The molecular weight excluding hydrogens is 357 g/mol. The summed E-state index contributed by atoms with van der Waals surface area (Å²) in [7, 11) is 1.55. The fourth-order valence-electron chi connectivity index (χ4n) is 1.78. The van der Waals surface area contributed by atoms with E-state index < -0.39 is 0 Å². The Morgan fingerprint density at radius 3 is 2.52 bits per heavy atom. The molecule has 2 N–H and O–H groups in total. The van der Waals surface area contributed by atoms with Crippen LogP contribution in [0.15, 0.2) is 40.9 Å². The molecule has 0 saturated carbocycles. The summed E-state index contributed by atoms with van der Waals surface area (Å²) in [5, 5.41) is 0. The van der Waals surface area contributed by atoms with Gasteiger partial charge < -0.3 is 15.2 Å². The van der Waals surface area contributed by atoms with Gasteiger partial charge in [0.2, 0.25) is 0 Å². The van der Waals surface area contributed by atoms with E-state index in [2.05, 4.69) is 15.9 Å². The first kappa shape index (κ1) is 15.7. The average Bonchev–Trinajstić information content (AvgIpc) is 2.43. The van der Waals surface area contributed by atoms with Gasteiger partial charge in [-0.15, -0.1) is 0 Å². The molecule has 2 aromatic carbocycles. The molecule has 0 bridgehead atoms. The van der Waals surface area contributed by atoms with Gasteiger partial charge in [0.25, 0.3) is 0 Å². The van der Waals surface area contributed by atoms with Gasteiger partial charge in [-0.25, -0.2) is 4.39 Å². The Balaban J connectivity index is 2.19. The van der Waals surface area contributed by atoms with E-state index in [4.69, 9.17) is 27.4 Å². The van der Waals surface area contributed by atoms with Crippen LogP contribution in [0.1, 0.15) is 11.1 Å². The van der Waals surface area contributed by atoms with E-state index in [0.29, 0.717) is 27.1 Å². The Kier molecular flexibility index (Phi) is 5.14. The van der Waals surface area contributed by atoms with E-state index in [-0.39, 0.29) is 17.4 Å². The molecule has 0 aromatic heterocycles. The number of nitrogens with two attached hydrogens (primary N) is 1. The van der Waals surface area contributed by atoms with E-state index in [0.717, 1.165) is 0 Å². The minimum Gasteiger partial charge on any atom is -0.497 e. The van der Waals surface area contributed by atoms with Gasteiger partial charge in [0.15, 0.2) is 0 Å². The van der Waals surface area contributed by atoms with Crippen LogP contribution in [0.3, 0.4) is 0 Å². The van der Waals surface area contributed by atoms with Crippen LogP contribution in [0.2, 0.25) is 0 Å². The van der Waals surface area contributed by atoms with Crippen LogP contribution in [0, 0.1) is 5.82 Å². The Hall–Kier alpha value is -1.66. The van der Waals surface area contributed by atoms with Gasteiger partial charge in [-0.2, -0.15) is 0 Å². The van der Waals surface area contributed by atoms with Crippen molar-refractivity contribution in [1.29, 1.82) is 0 Å². The maximum atomic E-state index is 13.3. The number of methoxy groups -OCH3 is 1. The molecule has 0 spiro atoms. The highest BCUT2D eigenvalue weighted by Crippen LogP contribution is 2.24. The van der Waals surface area contributed by atoms with Crippen molar-refractivity contribution in [2.75, 3.05) is 7.11 Å². The molecule has 21 heavy (non-hydrogen) atoms. The molecule has 0 aliphatic rings. The van der Waals surface area contributed by atoms with Gasteiger partial charge in [0.05, 0.1) is 7.11 Å². The van der Waals surface area contributed by atoms with Crippen molar-refractivity contribution in [3.63, 3.8) is 0 Å². The minimum atomic E-state index is -0.322. The summed E-state index contributed by atoms with van der Waals surface area (Å²) in [6.45, 7) is 0.223. The first-order valence-corrected chi connectivity index (χ1v) is 7.24. The van der Waals surface area contributed by atoms with Gasteiger partial charge >= 0.3 is 0 Å². The number of benzene rings is 2. The number of halogens is 2. The summed E-state index contributed by atoms with van der Waals surface area (Å²) in [6.07, 6.45) is 0. The first-order valence-electron chi connectivity index (χ1n) is 6.04. The Morgan fingerprint density at radius 1 is 1.19 bits per heavy atom. The maximum Gasteiger partial charge on any atom is 0.124 e. The predicted molar refractivity (Wildman–Crippen MR) is 87.3 cm³/mol. The molecule has 0 saturated heterocycles. The Bertz CT molecular complexity index is 658. The smallest absolute Gasteiger partial charge is 0.124 e. The van der Waals surface area contributed by atoms with Crippen LogP contribution in [0.5, 0.6) is 11.5 Å². The molecule has 2 aromatic rings. The van der Waals surface area contributed by atoms with E-state index in [1.807, 2.05) is 0 Å². The number of hydrogen-bond acceptors (Lipinski definition) is 3. The van der Waals surface area contributed by atoms with Crippen molar-refractivity contribution < 1.29 is 13.9 Å². The standard InChI is InChI=1S/C15H13BrFNO2S/c1-19-13-4-10(15(18)21)5-14(7-13)20-8-9-2-11(16)6-12(17)3-9/h2-7H,8H2,1H3,(H2,18,21). The third-order valence-corrected chi connectivity index (χ3v) is 3.42. The molecule has 110 valence electrons. The van der Waals surface area contributed by atoms with Gasteiger partial charge in [0.1, 0.15) is 28.9 Å². The lowest BCUT2D eigenvalue weighted by atomic mass is 10.2. The van der Waals surface area contributed by atoms with E-state index >= 15 is 0 Å². The highest BCUT2D eigenvalue weighted by Gasteiger charge is 2.06. The fourth-order valence-corrected chi connectivity index (χ4v) is 2.41. The van der Waals surface area contributed by atoms with Gasteiger partial charge in [-0.05, 0) is 35.9 Å². The molecule has 6 heteroatoms. The zero-order chi connectivity index (χ0) is 15.4.